The number of nitrogens with zero attached hydrogens (tertiary/aromatic N) is 3. The van der Waals surface area contributed by atoms with Gasteiger partial charge in [-0.2, -0.15) is 0 Å². The average Bonchev–Trinajstić information content (AvgIpc) is 3.18. The molecular weight excluding hydrogens is 352 g/mol. The van der Waals surface area contributed by atoms with Crippen molar-refractivity contribution in [2.75, 3.05) is 11.1 Å². The normalized spacial score (nSPS) is 14.3. The number of ketones is 1. The molecule has 25 heavy (non-hydrogen) atoms. The van der Waals surface area contributed by atoms with Gasteiger partial charge in [0.1, 0.15) is 0 Å². The molecule has 1 fully saturated rings. The zero-order valence-corrected chi connectivity index (χ0v) is 17.0. The first-order valence-corrected chi connectivity index (χ1v) is 10.7. The van der Waals surface area contributed by atoms with Crippen molar-refractivity contribution < 1.29 is 4.79 Å². The Kier molecular flexibility index (Phi) is 5.84. The van der Waals surface area contributed by atoms with Crippen molar-refractivity contribution in [1.82, 2.24) is 14.8 Å². The summed E-state index contributed by atoms with van der Waals surface area (Å²) in [6.45, 7) is 9.56. The highest BCUT2D eigenvalue weighted by atomic mass is 32.2. The lowest BCUT2D eigenvalue weighted by Gasteiger charge is -2.11. The van der Waals surface area contributed by atoms with E-state index in [4.69, 9.17) is 0 Å². The van der Waals surface area contributed by atoms with Gasteiger partial charge in [0, 0.05) is 29.5 Å². The van der Waals surface area contributed by atoms with Crippen molar-refractivity contribution in [3.05, 3.63) is 23.0 Å². The third kappa shape index (κ3) is 4.85. The molecule has 1 N–H and O–H groups in total. The molecule has 1 aliphatic rings. The van der Waals surface area contributed by atoms with E-state index in [9.17, 15) is 4.79 Å². The van der Waals surface area contributed by atoms with Crippen molar-refractivity contribution >= 4 is 34.0 Å². The second kappa shape index (κ2) is 7.91. The molecule has 0 atom stereocenters. The Hall–Kier alpha value is -1.34. The van der Waals surface area contributed by atoms with Gasteiger partial charge < -0.3 is 9.88 Å². The standard InChI is InChI=1S/C18H26N4OS2/c1-11(2)7-8-22-12(3)9-15(13(22)4)16(23)10-24-18-21-20-17(25-18)19-14-5-6-14/h9,11,14H,5-8,10H2,1-4H3,(H,19,20). The van der Waals surface area contributed by atoms with Crippen LogP contribution in [0, 0.1) is 19.8 Å². The van der Waals surface area contributed by atoms with Crippen LogP contribution in [0.15, 0.2) is 10.4 Å². The number of aromatic nitrogens is 3. The molecule has 136 valence electrons. The van der Waals surface area contributed by atoms with Crippen molar-refractivity contribution in [3.8, 4) is 0 Å². The monoisotopic (exact) mass is 378 g/mol. The fraction of sp³-hybridized carbons (Fsp3) is 0.611. The van der Waals surface area contributed by atoms with Crippen LogP contribution in [0.5, 0.6) is 0 Å². The Morgan fingerprint density at radius 2 is 2.16 bits per heavy atom. The summed E-state index contributed by atoms with van der Waals surface area (Å²) >= 11 is 3.01. The van der Waals surface area contributed by atoms with Crippen molar-refractivity contribution in [1.29, 1.82) is 0 Å². The predicted molar refractivity (Wildman–Crippen MR) is 105 cm³/mol. The van der Waals surface area contributed by atoms with Crippen LogP contribution < -0.4 is 5.32 Å². The van der Waals surface area contributed by atoms with E-state index in [-0.39, 0.29) is 5.78 Å². The van der Waals surface area contributed by atoms with Gasteiger partial charge in [-0.3, -0.25) is 4.79 Å². The maximum absolute atomic E-state index is 12.6. The van der Waals surface area contributed by atoms with E-state index in [1.54, 1.807) is 0 Å². The molecule has 0 radical (unpaired) electrons. The molecule has 2 heterocycles. The SMILES string of the molecule is Cc1cc(C(=O)CSc2nnc(NC3CC3)s2)c(C)n1CCC(C)C. The fourth-order valence-corrected chi connectivity index (χ4v) is 4.46. The van der Waals surface area contributed by atoms with Crippen LogP contribution in [0.25, 0.3) is 0 Å². The number of aryl methyl sites for hydroxylation is 1. The number of hydrogen-bond donors (Lipinski definition) is 1. The van der Waals surface area contributed by atoms with Gasteiger partial charge in [-0.25, -0.2) is 0 Å². The second-order valence-corrected chi connectivity index (χ2v) is 9.32. The first kappa shape index (κ1) is 18.5. The van der Waals surface area contributed by atoms with Gasteiger partial charge in [0.2, 0.25) is 5.13 Å². The van der Waals surface area contributed by atoms with Gasteiger partial charge in [-0.1, -0.05) is 36.9 Å². The van der Waals surface area contributed by atoms with Crippen LogP contribution >= 0.6 is 23.1 Å². The molecule has 2 aromatic rings. The van der Waals surface area contributed by atoms with Crippen LogP contribution in [0.4, 0.5) is 5.13 Å². The quantitative estimate of drug-likeness (QED) is 0.512. The maximum atomic E-state index is 12.6. The number of hydrogen-bond acceptors (Lipinski definition) is 6. The summed E-state index contributed by atoms with van der Waals surface area (Å²) in [5.41, 5.74) is 3.09. The Bertz CT molecular complexity index is 746. The van der Waals surface area contributed by atoms with Gasteiger partial charge >= 0.3 is 0 Å². The Balaban J connectivity index is 1.58. The summed E-state index contributed by atoms with van der Waals surface area (Å²) in [6, 6.07) is 2.60. The molecule has 0 unspecified atom stereocenters. The summed E-state index contributed by atoms with van der Waals surface area (Å²) in [5, 5.41) is 12.5. The predicted octanol–water partition coefficient (Wildman–Crippen LogP) is 4.55. The highest BCUT2D eigenvalue weighted by Gasteiger charge is 2.23. The van der Waals surface area contributed by atoms with E-state index in [0.29, 0.717) is 17.7 Å². The molecule has 2 aromatic heterocycles. The third-order valence-electron chi connectivity index (χ3n) is 4.44. The van der Waals surface area contributed by atoms with Crippen LogP contribution in [-0.4, -0.2) is 32.3 Å². The first-order chi connectivity index (χ1) is 11.9. The van der Waals surface area contributed by atoms with E-state index < -0.39 is 0 Å². The highest BCUT2D eigenvalue weighted by Crippen LogP contribution is 2.30. The molecule has 5 nitrogen and oxygen atoms in total. The smallest absolute Gasteiger partial charge is 0.206 e. The van der Waals surface area contributed by atoms with Crippen LogP contribution in [0.2, 0.25) is 0 Å². The number of rotatable bonds is 9. The number of carbonyl (C=O) groups is 1. The summed E-state index contributed by atoms with van der Waals surface area (Å²) in [7, 11) is 0. The number of anilines is 1. The zero-order chi connectivity index (χ0) is 18.0. The van der Waals surface area contributed by atoms with Crippen molar-refractivity contribution in [2.45, 2.75) is 63.9 Å². The number of Topliss-reactive ketones (excluding diaryl/α,β-unsaturated/α-hetero) is 1. The molecule has 0 aromatic carbocycles. The summed E-state index contributed by atoms with van der Waals surface area (Å²) in [6.07, 6.45) is 3.56. The largest absolute Gasteiger partial charge is 0.357 e. The molecule has 7 heteroatoms. The molecule has 1 aliphatic carbocycles. The lowest BCUT2D eigenvalue weighted by Crippen LogP contribution is -2.08. The molecule has 0 aliphatic heterocycles. The van der Waals surface area contributed by atoms with Crippen LogP contribution in [-0.2, 0) is 6.54 Å². The molecule has 0 bridgehead atoms. The fourth-order valence-electron chi connectivity index (χ4n) is 2.75. The number of carbonyl (C=O) groups excluding carboxylic acids is 1. The Morgan fingerprint density at radius 3 is 2.84 bits per heavy atom. The highest BCUT2D eigenvalue weighted by molar-refractivity contribution is 8.01. The topological polar surface area (TPSA) is 59.8 Å². The van der Waals surface area contributed by atoms with E-state index in [0.717, 1.165) is 33.7 Å². The van der Waals surface area contributed by atoms with Gasteiger partial charge in [0.15, 0.2) is 10.1 Å². The number of nitrogens with one attached hydrogen (secondary N) is 1. The zero-order valence-electron chi connectivity index (χ0n) is 15.3. The van der Waals surface area contributed by atoms with E-state index in [2.05, 4.69) is 40.9 Å². The Labute approximate surface area is 157 Å². The van der Waals surface area contributed by atoms with Crippen LogP contribution in [0.1, 0.15) is 54.9 Å². The minimum absolute atomic E-state index is 0.167. The van der Waals surface area contributed by atoms with Gasteiger partial charge in [-0.15, -0.1) is 10.2 Å². The van der Waals surface area contributed by atoms with E-state index in [1.165, 1.54) is 41.6 Å². The molecule has 1 saturated carbocycles. The molecule has 0 spiro atoms. The van der Waals surface area contributed by atoms with Gasteiger partial charge in [0.05, 0.1) is 5.75 Å². The van der Waals surface area contributed by atoms with Gasteiger partial charge in [-0.05, 0) is 45.1 Å². The third-order valence-corrected chi connectivity index (χ3v) is 6.43. The van der Waals surface area contributed by atoms with E-state index in [1.807, 2.05) is 13.0 Å². The summed E-state index contributed by atoms with van der Waals surface area (Å²) in [4.78, 5) is 12.6. The molecule has 0 amide bonds. The first-order valence-electron chi connectivity index (χ1n) is 8.86. The second-order valence-electron chi connectivity index (χ2n) is 7.12. The van der Waals surface area contributed by atoms with Gasteiger partial charge in [0.25, 0.3) is 0 Å². The summed E-state index contributed by atoms with van der Waals surface area (Å²) < 4.78 is 3.12. The number of thioether (sulfide) groups is 1. The molecular formula is C18H26N4OS2. The lowest BCUT2D eigenvalue weighted by atomic mass is 10.1. The maximum Gasteiger partial charge on any atom is 0.206 e. The van der Waals surface area contributed by atoms with Crippen LogP contribution in [0.3, 0.4) is 0 Å². The minimum Gasteiger partial charge on any atom is -0.357 e. The summed E-state index contributed by atoms with van der Waals surface area (Å²) in [5.74, 6) is 1.24. The molecule has 3 rings (SSSR count). The van der Waals surface area contributed by atoms with Crippen molar-refractivity contribution in [3.63, 3.8) is 0 Å². The minimum atomic E-state index is 0.167. The Morgan fingerprint density at radius 1 is 1.40 bits per heavy atom. The van der Waals surface area contributed by atoms with Crippen molar-refractivity contribution in [2.24, 2.45) is 5.92 Å². The van der Waals surface area contributed by atoms with E-state index >= 15 is 0 Å². The average molecular weight is 379 g/mol. The molecule has 0 saturated heterocycles. The lowest BCUT2D eigenvalue weighted by molar-refractivity contribution is 0.102.